The van der Waals surface area contributed by atoms with Gasteiger partial charge in [0.2, 0.25) is 21.8 Å². The van der Waals surface area contributed by atoms with E-state index in [2.05, 4.69) is 5.32 Å². The maximum atomic E-state index is 13.3. The van der Waals surface area contributed by atoms with Crippen LogP contribution in [0, 0.1) is 6.92 Å². The van der Waals surface area contributed by atoms with Gasteiger partial charge < -0.3 is 10.2 Å². The Morgan fingerprint density at radius 2 is 1.66 bits per heavy atom. The van der Waals surface area contributed by atoms with Crippen LogP contribution in [0.3, 0.4) is 0 Å². The molecule has 1 aliphatic carbocycles. The number of carbonyl (C=O) groups is 2. The van der Waals surface area contributed by atoms with Gasteiger partial charge in [0, 0.05) is 25.6 Å². The summed E-state index contributed by atoms with van der Waals surface area (Å²) in [5, 5.41) is 3.10. The quantitative estimate of drug-likeness (QED) is 0.506. The zero-order valence-corrected chi connectivity index (χ0v) is 21.8. The van der Waals surface area contributed by atoms with Crippen LogP contribution in [0.1, 0.15) is 56.6 Å². The first-order valence-corrected chi connectivity index (χ1v) is 14.2. The number of hydrogen-bond donors (Lipinski definition) is 1. The number of benzene rings is 2. The zero-order valence-electron chi connectivity index (χ0n) is 20.9. The molecule has 0 bridgehead atoms. The third-order valence-electron chi connectivity index (χ3n) is 6.60. The minimum atomic E-state index is -3.51. The number of nitrogens with one attached hydrogen (secondary N) is 1. The molecule has 1 fully saturated rings. The van der Waals surface area contributed by atoms with Crippen molar-refractivity contribution >= 4 is 27.5 Å². The highest BCUT2D eigenvalue weighted by Gasteiger charge is 2.28. The Labute approximate surface area is 209 Å². The molecule has 1 saturated carbocycles. The molecular weight excluding hydrogens is 462 g/mol. The molecule has 8 heteroatoms. The fourth-order valence-corrected chi connectivity index (χ4v) is 5.60. The molecule has 190 valence electrons. The second-order valence-corrected chi connectivity index (χ2v) is 11.3. The van der Waals surface area contributed by atoms with Gasteiger partial charge in [-0.05, 0) is 50.3 Å². The van der Waals surface area contributed by atoms with Crippen LogP contribution in [0.25, 0.3) is 0 Å². The standard InChI is InChI=1S/C27H37N3O4S/c1-21-12-7-10-17-25(21)30(35(3,33)34)19-11-18-26(31)29(20-23-13-5-4-6-14-23)22(2)27(32)28-24-15-8-9-16-24/h4-7,10,12-14,17,22,24H,8-9,11,15-16,18-20H2,1-3H3,(H,28,32)/t22-/m1/s1. The van der Waals surface area contributed by atoms with Crippen LogP contribution in [-0.4, -0.2) is 50.0 Å². The second-order valence-electron chi connectivity index (χ2n) is 9.40. The average molecular weight is 500 g/mol. The maximum Gasteiger partial charge on any atom is 0.242 e. The van der Waals surface area contributed by atoms with Crippen molar-refractivity contribution in [3.8, 4) is 0 Å². The van der Waals surface area contributed by atoms with Crippen LogP contribution in [0.2, 0.25) is 0 Å². The first-order valence-electron chi connectivity index (χ1n) is 12.3. The number of nitrogens with zero attached hydrogens (tertiary/aromatic N) is 2. The predicted octanol–water partition coefficient (Wildman–Crippen LogP) is 4.02. The number of carbonyl (C=O) groups excluding carboxylic acids is 2. The van der Waals surface area contributed by atoms with Crippen LogP contribution in [0.5, 0.6) is 0 Å². The van der Waals surface area contributed by atoms with Crippen molar-refractivity contribution in [2.24, 2.45) is 0 Å². The maximum absolute atomic E-state index is 13.3. The Morgan fingerprint density at radius 3 is 2.29 bits per heavy atom. The monoisotopic (exact) mass is 499 g/mol. The van der Waals surface area contributed by atoms with E-state index in [-0.39, 0.29) is 30.8 Å². The number of sulfonamides is 1. The van der Waals surface area contributed by atoms with Gasteiger partial charge in [0.05, 0.1) is 11.9 Å². The number of rotatable bonds is 11. The van der Waals surface area contributed by atoms with Crippen molar-refractivity contribution in [2.45, 2.75) is 71.0 Å². The van der Waals surface area contributed by atoms with E-state index in [9.17, 15) is 18.0 Å². The number of aryl methyl sites for hydroxylation is 1. The molecule has 0 radical (unpaired) electrons. The molecule has 3 rings (SSSR count). The second kappa shape index (κ2) is 12.2. The van der Waals surface area contributed by atoms with Crippen molar-refractivity contribution in [1.29, 1.82) is 0 Å². The Morgan fingerprint density at radius 1 is 1.03 bits per heavy atom. The fraction of sp³-hybridized carbons (Fsp3) is 0.481. The predicted molar refractivity (Wildman–Crippen MR) is 139 cm³/mol. The average Bonchev–Trinajstić information content (AvgIpc) is 3.33. The molecular formula is C27H37N3O4S. The lowest BCUT2D eigenvalue weighted by molar-refractivity contribution is -0.141. The molecule has 0 unspecified atom stereocenters. The summed E-state index contributed by atoms with van der Waals surface area (Å²) in [6.45, 7) is 4.15. The van der Waals surface area contributed by atoms with Crippen LogP contribution < -0.4 is 9.62 Å². The van der Waals surface area contributed by atoms with Gasteiger partial charge in [-0.2, -0.15) is 0 Å². The summed E-state index contributed by atoms with van der Waals surface area (Å²) < 4.78 is 26.3. The molecule has 7 nitrogen and oxygen atoms in total. The largest absolute Gasteiger partial charge is 0.352 e. The molecule has 1 N–H and O–H groups in total. The van der Waals surface area contributed by atoms with E-state index >= 15 is 0 Å². The summed E-state index contributed by atoms with van der Waals surface area (Å²) in [4.78, 5) is 27.9. The van der Waals surface area contributed by atoms with Gasteiger partial charge in [-0.25, -0.2) is 8.42 Å². The molecule has 0 saturated heterocycles. The van der Waals surface area contributed by atoms with Gasteiger partial charge in [-0.15, -0.1) is 0 Å². The number of hydrogen-bond acceptors (Lipinski definition) is 4. The summed E-state index contributed by atoms with van der Waals surface area (Å²) in [7, 11) is -3.51. The molecule has 1 aliphatic rings. The van der Waals surface area contributed by atoms with Gasteiger partial charge in [-0.3, -0.25) is 13.9 Å². The molecule has 0 heterocycles. The van der Waals surface area contributed by atoms with Gasteiger partial charge in [0.1, 0.15) is 6.04 Å². The van der Waals surface area contributed by atoms with E-state index in [1.54, 1.807) is 24.0 Å². The van der Waals surface area contributed by atoms with E-state index in [0.29, 0.717) is 18.7 Å². The first-order chi connectivity index (χ1) is 16.7. The van der Waals surface area contributed by atoms with Crippen molar-refractivity contribution in [3.05, 3.63) is 65.7 Å². The van der Waals surface area contributed by atoms with E-state index in [1.807, 2.05) is 49.4 Å². The van der Waals surface area contributed by atoms with Gasteiger partial charge in [0.15, 0.2) is 0 Å². The fourth-order valence-electron chi connectivity index (χ4n) is 4.58. The van der Waals surface area contributed by atoms with E-state index < -0.39 is 16.1 Å². The lowest BCUT2D eigenvalue weighted by atomic mass is 10.1. The minimum absolute atomic E-state index is 0.140. The van der Waals surface area contributed by atoms with E-state index in [4.69, 9.17) is 0 Å². The zero-order chi connectivity index (χ0) is 25.4. The van der Waals surface area contributed by atoms with Crippen LogP contribution in [0.4, 0.5) is 5.69 Å². The molecule has 0 aromatic heterocycles. The van der Waals surface area contributed by atoms with Gasteiger partial charge in [-0.1, -0.05) is 61.4 Å². The number of amides is 2. The highest BCUT2D eigenvalue weighted by Crippen LogP contribution is 2.23. The first kappa shape index (κ1) is 26.7. The highest BCUT2D eigenvalue weighted by molar-refractivity contribution is 7.92. The molecule has 1 atom stereocenters. The van der Waals surface area contributed by atoms with Crippen LogP contribution in [0.15, 0.2) is 54.6 Å². The minimum Gasteiger partial charge on any atom is -0.352 e. The third kappa shape index (κ3) is 7.56. The van der Waals surface area contributed by atoms with Crippen molar-refractivity contribution in [3.63, 3.8) is 0 Å². The Bertz CT molecular complexity index is 1100. The molecule has 2 aromatic carbocycles. The third-order valence-corrected chi connectivity index (χ3v) is 7.78. The number of para-hydroxylation sites is 1. The topological polar surface area (TPSA) is 86.8 Å². The van der Waals surface area contributed by atoms with E-state index in [1.165, 1.54) is 10.6 Å². The SMILES string of the molecule is Cc1ccccc1N(CCCC(=O)N(Cc1ccccc1)[C@H](C)C(=O)NC1CCCC1)S(C)(=O)=O. The van der Waals surface area contributed by atoms with Gasteiger partial charge >= 0.3 is 0 Å². The van der Waals surface area contributed by atoms with Crippen LogP contribution >= 0.6 is 0 Å². The van der Waals surface area contributed by atoms with Crippen LogP contribution in [-0.2, 0) is 26.2 Å². The Kier molecular flexibility index (Phi) is 9.32. The normalized spacial score (nSPS) is 14.9. The summed E-state index contributed by atoms with van der Waals surface area (Å²) in [6, 6.07) is 16.5. The number of anilines is 1. The summed E-state index contributed by atoms with van der Waals surface area (Å²) in [5.74, 6) is -0.306. The smallest absolute Gasteiger partial charge is 0.242 e. The van der Waals surface area contributed by atoms with Gasteiger partial charge in [0.25, 0.3) is 0 Å². The lowest BCUT2D eigenvalue weighted by Gasteiger charge is -2.30. The Balaban J connectivity index is 1.70. The van der Waals surface area contributed by atoms with Crippen molar-refractivity contribution in [1.82, 2.24) is 10.2 Å². The molecule has 35 heavy (non-hydrogen) atoms. The highest BCUT2D eigenvalue weighted by atomic mass is 32.2. The molecule has 0 spiro atoms. The molecule has 2 aromatic rings. The summed E-state index contributed by atoms with van der Waals surface area (Å²) in [5.41, 5.74) is 2.42. The molecule has 2 amide bonds. The summed E-state index contributed by atoms with van der Waals surface area (Å²) >= 11 is 0. The Hall–Kier alpha value is -2.87. The lowest BCUT2D eigenvalue weighted by Crippen LogP contribution is -2.49. The molecule has 0 aliphatic heterocycles. The van der Waals surface area contributed by atoms with E-state index in [0.717, 1.165) is 36.8 Å². The summed E-state index contributed by atoms with van der Waals surface area (Å²) in [6.07, 6.45) is 5.86. The van der Waals surface area contributed by atoms with Crippen molar-refractivity contribution < 1.29 is 18.0 Å². The van der Waals surface area contributed by atoms with Crippen molar-refractivity contribution in [2.75, 3.05) is 17.1 Å².